The van der Waals surface area contributed by atoms with E-state index in [0.717, 1.165) is 25.6 Å². The zero-order valence-electron chi connectivity index (χ0n) is 12.6. The largest absolute Gasteiger partial charge is 0.389 e. The van der Waals surface area contributed by atoms with E-state index in [1.807, 2.05) is 6.92 Å². The third-order valence-electron chi connectivity index (χ3n) is 4.03. The summed E-state index contributed by atoms with van der Waals surface area (Å²) in [5.74, 6) is 0.812. The normalized spacial score (nSPS) is 24.8. The maximum Gasteiger partial charge on any atom is 0.0900 e. The van der Waals surface area contributed by atoms with Crippen LogP contribution in [0, 0.1) is 11.3 Å². The monoisotopic (exact) mass is 257 g/mol. The molecule has 0 amide bonds. The summed E-state index contributed by atoms with van der Waals surface area (Å²) in [7, 11) is 0. The van der Waals surface area contributed by atoms with Crippen LogP contribution < -0.4 is 0 Å². The number of β-amino-alcohol motifs (C(OH)–C–C–N with tert-alkyl or cyclic N) is 1. The van der Waals surface area contributed by atoms with Crippen LogP contribution in [0.1, 0.15) is 47.0 Å². The summed E-state index contributed by atoms with van der Waals surface area (Å²) in [5.41, 5.74) is 0.417. The van der Waals surface area contributed by atoms with E-state index in [9.17, 15) is 5.11 Å². The highest BCUT2D eigenvalue weighted by molar-refractivity contribution is 4.79. The summed E-state index contributed by atoms with van der Waals surface area (Å²) in [6.45, 7) is 13.1. The Hall–Kier alpha value is -0.120. The molecule has 1 fully saturated rings. The molecule has 1 N–H and O–H groups in total. The molecule has 108 valence electrons. The van der Waals surface area contributed by atoms with Crippen molar-refractivity contribution >= 4 is 0 Å². The van der Waals surface area contributed by atoms with Crippen molar-refractivity contribution < 1.29 is 9.84 Å². The summed E-state index contributed by atoms with van der Waals surface area (Å²) >= 11 is 0. The van der Waals surface area contributed by atoms with E-state index in [1.165, 1.54) is 19.3 Å². The maximum absolute atomic E-state index is 9.88. The van der Waals surface area contributed by atoms with Crippen LogP contribution in [0.5, 0.6) is 0 Å². The lowest BCUT2D eigenvalue weighted by atomic mass is 9.77. The first-order chi connectivity index (χ1) is 8.43. The van der Waals surface area contributed by atoms with E-state index in [-0.39, 0.29) is 6.10 Å². The Morgan fingerprint density at radius 2 is 2.00 bits per heavy atom. The molecule has 1 heterocycles. The van der Waals surface area contributed by atoms with Gasteiger partial charge in [-0.15, -0.1) is 0 Å². The second-order valence-corrected chi connectivity index (χ2v) is 6.61. The smallest absolute Gasteiger partial charge is 0.0900 e. The van der Waals surface area contributed by atoms with Crippen molar-refractivity contribution in [1.82, 2.24) is 4.90 Å². The standard InChI is InChI=1S/C15H31NO2/c1-5-18-12-14(17)11-16-9-6-7-13(8-10-16)15(2,3)4/h13-14,17H,5-12H2,1-4H3. The van der Waals surface area contributed by atoms with Crippen molar-refractivity contribution in [2.45, 2.75) is 53.1 Å². The van der Waals surface area contributed by atoms with Crippen molar-refractivity contribution in [3.8, 4) is 0 Å². The second-order valence-electron chi connectivity index (χ2n) is 6.61. The second kappa shape index (κ2) is 7.46. The number of hydrogen-bond donors (Lipinski definition) is 1. The van der Waals surface area contributed by atoms with Gasteiger partial charge in [0.05, 0.1) is 12.7 Å². The lowest BCUT2D eigenvalue weighted by Crippen LogP contribution is -2.36. The molecule has 1 aliphatic rings. The third-order valence-corrected chi connectivity index (χ3v) is 4.03. The summed E-state index contributed by atoms with van der Waals surface area (Å²) in [5, 5.41) is 9.88. The number of hydrogen-bond acceptors (Lipinski definition) is 3. The molecular weight excluding hydrogens is 226 g/mol. The minimum absolute atomic E-state index is 0.337. The first kappa shape index (κ1) is 15.9. The molecule has 0 radical (unpaired) electrons. The van der Waals surface area contributed by atoms with Crippen LogP contribution in [-0.2, 0) is 4.74 Å². The fourth-order valence-corrected chi connectivity index (χ4v) is 2.81. The van der Waals surface area contributed by atoms with Gasteiger partial charge in [0.25, 0.3) is 0 Å². The summed E-state index contributed by atoms with van der Waals surface area (Å²) in [4.78, 5) is 2.40. The number of ether oxygens (including phenoxy) is 1. The molecule has 1 rings (SSSR count). The van der Waals surface area contributed by atoms with Gasteiger partial charge in [-0.2, -0.15) is 0 Å². The van der Waals surface area contributed by atoms with Gasteiger partial charge in [-0.05, 0) is 50.6 Å². The van der Waals surface area contributed by atoms with Crippen LogP contribution in [0.3, 0.4) is 0 Å². The lowest BCUT2D eigenvalue weighted by molar-refractivity contribution is 0.0213. The first-order valence-corrected chi connectivity index (χ1v) is 7.41. The van der Waals surface area contributed by atoms with E-state index in [4.69, 9.17) is 4.74 Å². The minimum atomic E-state index is -0.337. The summed E-state index contributed by atoms with van der Waals surface area (Å²) in [6.07, 6.45) is 3.49. The van der Waals surface area contributed by atoms with Crippen molar-refractivity contribution in [3.63, 3.8) is 0 Å². The Bertz CT molecular complexity index is 225. The van der Waals surface area contributed by atoms with E-state index in [2.05, 4.69) is 25.7 Å². The van der Waals surface area contributed by atoms with Gasteiger partial charge in [0.2, 0.25) is 0 Å². The molecule has 0 saturated carbocycles. The molecule has 3 heteroatoms. The van der Waals surface area contributed by atoms with Crippen LogP contribution in [0.4, 0.5) is 0 Å². The van der Waals surface area contributed by atoms with Crippen LogP contribution in [0.2, 0.25) is 0 Å². The number of likely N-dealkylation sites (tertiary alicyclic amines) is 1. The SMILES string of the molecule is CCOCC(O)CN1CCCC(C(C)(C)C)CC1. The van der Waals surface area contributed by atoms with Gasteiger partial charge in [-0.25, -0.2) is 0 Å². The molecule has 2 unspecified atom stereocenters. The highest BCUT2D eigenvalue weighted by atomic mass is 16.5. The quantitative estimate of drug-likeness (QED) is 0.821. The van der Waals surface area contributed by atoms with E-state index < -0.39 is 0 Å². The molecule has 0 aromatic carbocycles. The van der Waals surface area contributed by atoms with Crippen molar-refractivity contribution in [1.29, 1.82) is 0 Å². The molecule has 0 aliphatic carbocycles. The molecule has 18 heavy (non-hydrogen) atoms. The average Bonchev–Trinajstić information content (AvgIpc) is 2.51. The molecule has 0 aromatic rings. The molecule has 1 saturated heterocycles. The molecule has 0 bridgehead atoms. The third kappa shape index (κ3) is 5.68. The fraction of sp³-hybridized carbons (Fsp3) is 1.00. The van der Waals surface area contributed by atoms with E-state index in [1.54, 1.807) is 0 Å². The van der Waals surface area contributed by atoms with Crippen molar-refractivity contribution in [2.24, 2.45) is 11.3 Å². The first-order valence-electron chi connectivity index (χ1n) is 7.41. The fourth-order valence-electron chi connectivity index (χ4n) is 2.81. The average molecular weight is 257 g/mol. The summed E-state index contributed by atoms with van der Waals surface area (Å²) in [6, 6.07) is 0. The van der Waals surface area contributed by atoms with Gasteiger partial charge in [-0.1, -0.05) is 20.8 Å². The van der Waals surface area contributed by atoms with E-state index >= 15 is 0 Å². The van der Waals surface area contributed by atoms with Crippen LogP contribution in [0.25, 0.3) is 0 Å². The molecule has 3 nitrogen and oxygen atoms in total. The Kier molecular flexibility index (Phi) is 6.61. The highest BCUT2D eigenvalue weighted by Gasteiger charge is 2.27. The number of aliphatic hydroxyl groups is 1. The van der Waals surface area contributed by atoms with E-state index in [0.29, 0.717) is 18.6 Å². The number of rotatable bonds is 5. The van der Waals surface area contributed by atoms with Crippen LogP contribution in [0.15, 0.2) is 0 Å². The van der Waals surface area contributed by atoms with Gasteiger partial charge < -0.3 is 14.7 Å². The number of aliphatic hydroxyl groups excluding tert-OH is 1. The molecule has 1 aliphatic heterocycles. The van der Waals surface area contributed by atoms with Crippen molar-refractivity contribution in [3.05, 3.63) is 0 Å². The molecule has 2 atom stereocenters. The Morgan fingerprint density at radius 3 is 2.61 bits per heavy atom. The highest BCUT2D eigenvalue weighted by Crippen LogP contribution is 2.34. The number of nitrogens with zero attached hydrogens (tertiary/aromatic N) is 1. The van der Waals surface area contributed by atoms with Gasteiger partial charge in [-0.3, -0.25) is 0 Å². The molecule has 0 spiro atoms. The zero-order chi connectivity index (χ0) is 13.6. The topological polar surface area (TPSA) is 32.7 Å². The predicted molar refractivity (Wildman–Crippen MR) is 75.7 cm³/mol. The molecule has 0 aromatic heterocycles. The van der Waals surface area contributed by atoms with Crippen LogP contribution >= 0.6 is 0 Å². The van der Waals surface area contributed by atoms with Gasteiger partial charge >= 0.3 is 0 Å². The van der Waals surface area contributed by atoms with Crippen LogP contribution in [-0.4, -0.2) is 49.0 Å². The Balaban J connectivity index is 2.33. The lowest BCUT2D eigenvalue weighted by Gasteiger charge is -2.30. The minimum Gasteiger partial charge on any atom is -0.389 e. The summed E-state index contributed by atoms with van der Waals surface area (Å²) < 4.78 is 5.27. The Labute approximate surface area is 113 Å². The zero-order valence-corrected chi connectivity index (χ0v) is 12.6. The Morgan fingerprint density at radius 1 is 1.28 bits per heavy atom. The van der Waals surface area contributed by atoms with Gasteiger partial charge in [0.15, 0.2) is 0 Å². The van der Waals surface area contributed by atoms with Gasteiger partial charge in [0.1, 0.15) is 0 Å². The molecular formula is C15H31NO2. The predicted octanol–water partition coefficient (Wildman–Crippen LogP) is 2.53. The maximum atomic E-state index is 9.88. The van der Waals surface area contributed by atoms with Gasteiger partial charge in [0, 0.05) is 13.2 Å². The van der Waals surface area contributed by atoms with Crippen molar-refractivity contribution in [2.75, 3.05) is 32.8 Å².